The molecule has 0 spiro atoms. The lowest BCUT2D eigenvalue weighted by molar-refractivity contribution is -0.208. The highest BCUT2D eigenvalue weighted by Crippen LogP contribution is 2.06. The Morgan fingerprint density at radius 1 is 1.44 bits per heavy atom. The van der Waals surface area contributed by atoms with E-state index in [1.807, 2.05) is 0 Å². The van der Waals surface area contributed by atoms with Gasteiger partial charge in [-0.1, -0.05) is 0 Å². The van der Waals surface area contributed by atoms with Crippen molar-refractivity contribution < 1.29 is 23.4 Å². The maximum absolute atomic E-state index is 10.6. The molecule has 0 aliphatic rings. The van der Waals surface area contributed by atoms with Crippen molar-refractivity contribution in [3.05, 3.63) is 0 Å². The van der Waals surface area contributed by atoms with Gasteiger partial charge in [-0.05, 0) is 6.92 Å². The smallest absolute Gasteiger partial charge is 0.381 e. The third-order valence-electron chi connectivity index (χ3n) is 0.161. The molecule has 0 aromatic carbocycles. The van der Waals surface area contributed by atoms with E-state index < -0.39 is 12.8 Å². The van der Waals surface area contributed by atoms with Gasteiger partial charge in [0, 0.05) is 6.61 Å². The van der Waals surface area contributed by atoms with Gasteiger partial charge in [-0.15, -0.1) is 0 Å². The highest BCUT2D eigenvalue weighted by atomic mass is 19.3. The van der Waals surface area contributed by atoms with E-state index in [0.29, 0.717) is 0 Å². The molecule has 0 aliphatic heterocycles. The molecule has 2 nitrogen and oxygen atoms in total. The number of halogens is 3. The average molecular weight is 146 g/mol. The minimum absolute atomic E-state index is 0.250. The number of aliphatic hydroxyl groups is 2. The van der Waals surface area contributed by atoms with E-state index in [0.717, 1.165) is 0 Å². The van der Waals surface area contributed by atoms with Crippen molar-refractivity contribution in [2.45, 2.75) is 13.0 Å². The molecular formula is C4H9F3O2. The molecule has 0 amide bonds. The fourth-order valence-electron chi connectivity index (χ4n) is 0. The first kappa shape index (κ1) is 11.5. The molecule has 0 bridgehead atoms. The van der Waals surface area contributed by atoms with Crippen molar-refractivity contribution in [1.29, 1.82) is 0 Å². The third kappa shape index (κ3) is 34.2. The highest BCUT2D eigenvalue weighted by molar-refractivity contribution is 4.38. The lowest BCUT2D eigenvalue weighted by Crippen LogP contribution is -2.15. The van der Waals surface area contributed by atoms with Crippen LogP contribution in [0.15, 0.2) is 0 Å². The topological polar surface area (TPSA) is 40.5 Å². The SMILES string of the molecule is CCO.OC(F)(F)CF. The first-order valence-corrected chi connectivity index (χ1v) is 2.25. The van der Waals surface area contributed by atoms with Gasteiger partial charge in [-0.2, -0.15) is 8.78 Å². The molecule has 0 aromatic rings. The van der Waals surface area contributed by atoms with Crippen LogP contribution < -0.4 is 0 Å². The number of rotatable bonds is 1. The van der Waals surface area contributed by atoms with E-state index in [1.165, 1.54) is 0 Å². The minimum atomic E-state index is -4.12. The van der Waals surface area contributed by atoms with E-state index >= 15 is 0 Å². The van der Waals surface area contributed by atoms with Crippen LogP contribution in [0.2, 0.25) is 0 Å². The summed E-state index contributed by atoms with van der Waals surface area (Å²) in [5, 5.41) is 14.7. The number of hydrogen-bond donors (Lipinski definition) is 2. The van der Waals surface area contributed by atoms with Gasteiger partial charge >= 0.3 is 6.11 Å². The monoisotopic (exact) mass is 146 g/mol. The molecule has 0 aliphatic carbocycles. The van der Waals surface area contributed by atoms with Crippen molar-refractivity contribution in [2.75, 3.05) is 13.3 Å². The van der Waals surface area contributed by atoms with E-state index in [1.54, 1.807) is 6.92 Å². The Labute approximate surface area is 50.9 Å². The Bertz CT molecular complexity index is 52.3. The molecule has 0 saturated carbocycles. The van der Waals surface area contributed by atoms with Crippen LogP contribution in [0.1, 0.15) is 6.92 Å². The lowest BCUT2D eigenvalue weighted by Gasteiger charge is -1.97. The summed E-state index contributed by atoms with van der Waals surface area (Å²) >= 11 is 0. The highest BCUT2D eigenvalue weighted by Gasteiger charge is 2.22. The summed E-state index contributed by atoms with van der Waals surface area (Å²) in [6.07, 6.45) is -4.12. The molecule has 2 N–H and O–H groups in total. The van der Waals surface area contributed by atoms with Crippen molar-refractivity contribution in [3.63, 3.8) is 0 Å². The molecule has 0 fully saturated rings. The number of hydrogen-bond acceptors (Lipinski definition) is 2. The van der Waals surface area contributed by atoms with Crippen LogP contribution in [0.5, 0.6) is 0 Å². The summed E-state index contributed by atoms with van der Waals surface area (Å²) in [5.41, 5.74) is 0. The van der Waals surface area contributed by atoms with Crippen molar-refractivity contribution in [3.8, 4) is 0 Å². The van der Waals surface area contributed by atoms with Crippen LogP contribution in [0.4, 0.5) is 13.2 Å². The molecular weight excluding hydrogens is 137 g/mol. The van der Waals surface area contributed by atoms with Crippen LogP contribution in [0, 0.1) is 0 Å². The van der Waals surface area contributed by atoms with Crippen molar-refractivity contribution in [1.82, 2.24) is 0 Å². The Hall–Kier alpha value is -0.290. The summed E-state index contributed by atoms with van der Waals surface area (Å²) in [7, 11) is 0. The lowest BCUT2D eigenvalue weighted by atomic mass is 10.7. The first-order valence-electron chi connectivity index (χ1n) is 2.25. The van der Waals surface area contributed by atoms with Gasteiger partial charge in [-0.25, -0.2) is 4.39 Å². The summed E-state index contributed by atoms with van der Waals surface area (Å²) in [6.45, 7) is -0.0764. The van der Waals surface area contributed by atoms with Gasteiger partial charge in [0.2, 0.25) is 0 Å². The molecule has 0 heterocycles. The molecule has 58 valence electrons. The summed E-state index contributed by atoms with van der Waals surface area (Å²) in [5.74, 6) is 0. The Morgan fingerprint density at radius 2 is 1.56 bits per heavy atom. The molecule has 0 radical (unpaired) electrons. The van der Waals surface area contributed by atoms with Crippen molar-refractivity contribution >= 4 is 0 Å². The van der Waals surface area contributed by atoms with Crippen molar-refractivity contribution in [2.24, 2.45) is 0 Å². The largest absolute Gasteiger partial charge is 0.397 e. The Morgan fingerprint density at radius 3 is 1.56 bits per heavy atom. The second kappa shape index (κ2) is 5.84. The molecule has 5 heteroatoms. The van der Waals surface area contributed by atoms with E-state index in [9.17, 15) is 13.2 Å². The van der Waals surface area contributed by atoms with Gasteiger partial charge < -0.3 is 10.2 Å². The molecule has 0 aromatic heterocycles. The van der Waals surface area contributed by atoms with Crippen LogP contribution >= 0.6 is 0 Å². The van der Waals surface area contributed by atoms with E-state index in [4.69, 9.17) is 10.2 Å². The fourth-order valence-corrected chi connectivity index (χ4v) is 0. The Balaban J connectivity index is 0. The van der Waals surface area contributed by atoms with Crippen LogP contribution in [0.3, 0.4) is 0 Å². The predicted octanol–water partition coefficient (Wildman–Crippen LogP) is 0.540. The van der Waals surface area contributed by atoms with Gasteiger partial charge in [0.25, 0.3) is 0 Å². The summed E-state index contributed by atoms with van der Waals surface area (Å²) in [4.78, 5) is 0. The minimum Gasteiger partial charge on any atom is -0.397 e. The van der Waals surface area contributed by atoms with Crippen LogP contribution in [0.25, 0.3) is 0 Å². The molecule has 0 saturated heterocycles. The van der Waals surface area contributed by atoms with E-state index in [2.05, 4.69) is 0 Å². The average Bonchev–Trinajstić information content (AvgIpc) is 1.67. The first-order chi connectivity index (χ1) is 3.97. The zero-order chi connectivity index (χ0) is 7.91. The van der Waals surface area contributed by atoms with Gasteiger partial charge in [0.15, 0.2) is 6.67 Å². The maximum atomic E-state index is 10.6. The van der Waals surface area contributed by atoms with Gasteiger partial charge in [0.05, 0.1) is 0 Å². The standard InChI is InChI=1S/C2H3F3O.C2H6O/c3-1-2(4,5)6;1-2-3/h6H,1H2;3H,2H2,1H3. The molecule has 9 heavy (non-hydrogen) atoms. The Kier molecular flexibility index (Phi) is 7.46. The van der Waals surface area contributed by atoms with Crippen LogP contribution in [-0.2, 0) is 0 Å². The molecule has 0 atom stereocenters. The summed E-state index contributed by atoms with van der Waals surface area (Å²) in [6, 6.07) is 0. The normalized spacial score (nSPS) is 10.0. The van der Waals surface area contributed by atoms with Crippen LogP contribution in [-0.4, -0.2) is 29.6 Å². The van der Waals surface area contributed by atoms with E-state index in [-0.39, 0.29) is 6.61 Å². The fraction of sp³-hybridized carbons (Fsp3) is 1.00. The quantitative estimate of drug-likeness (QED) is 0.566. The zero-order valence-corrected chi connectivity index (χ0v) is 4.94. The van der Waals surface area contributed by atoms with Gasteiger partial charge in [-0.3, -0.25) is 0 Å². The molecule has 0 unspecified atom stereocenters. The van der Waals surface area contributed by atoms with Gasteiger partial charge in [0.1, 0.15) is 0 Å². The second-order valence-corrected chi connectivity index (χ2v) is 1.12. The summed E-state index contributed by atoms with van der Waals surface area (Å²) < 4.78 is 31.8. The maximum Gasteiger partial charge on any atom is 0.381 e. The third-order valence-corrected chi connectivity index (χ3v) is 0.161. The predicted molar refractivity (Wildman–Crippen MR) is 25.9 cm³/mol. The number of aliphatic hydroxyl groups excluding tert-OH is 1. The molecule has 0 rings (SSSR count). The number of alkyl halides is 3. The second-order valence-electron chi connectivity index (χ2n) is 1.12. The zero-order valence-electron chi connectivity index (χ0n) is 4.94.